The number of nitrogens with zero attached hydrogens (tertiary/aromatic N) is 1. The summed E-state index contributed by atoms with van der Waals surface area (Å²) in [6, 6.07) is 0.351. The fourth-order valence-corrected chi connectivity index (χ4v) is 2.03. The molecule has 1 nitrogen and oxygen atoms in total. The number of halogens is 2. The van der Waals surface area contributed by atoms with Crippen LogP contribution in [0.25, 0.3) is 0 Å². The molecular formula is C9H17F2N. The van der Waals surface area contributed by atoms with Gasteiger partial charge in [0.15, 0.2) is 0 Å². The average Bonchev–Trinajstić information content (AvgIpc) is 2.30. The molecule has 1 rings (SSSR count). The summed E-state index contributed by atoms with van der Waals surface area (Å²) >= 11 is 0. The van der Waals surface area contributed by atoms with Crippen LogP contribution in [0.2, 0.25) is 0 Å². The third-order valence-corrected chi connectivity index (χ3v) is 2.76. The van der Waals surface area contributed by atoms with Crippen LogP contribution in [0.1, 0.15) is 20.3 Å². The summed E-state index contributed by atoms with van der Waals surface area (Å²) in [7, 11) is 1.94. The molecule has 12 heavy (non-hydrogen) atoms. The van der Waals surface area contributed by atoms with Gasteiger partial charge in [0.1, 0.15) is 0 Å². The third-order valence-electron chi connectivity index (χ3n) is 2.76. The van der Waals surface area contributed by atoms with Crippen LogP contribution in [0.5, 0.6) is 0 Å². The Morgan fingerprint density at radius 2 is 1.92 bits per heavy atom. The van der Waals surface area contributed by atoms with E-state index in [0.29, 0.717) is 24.9 Å². The first-order valence-corrected chi connectivity index (χ1v) is 4.50. The lowest BCUT2D eigenvalue weighted by molar-refractivity contribution is 0.0821. The maximum atomic E-state index is 12.3. The van der Waals surface area contributed by atoms with Crippen LogP contribution < -0.4 is 0 Å². The van der Waals surface area contributed by atoms with E-state index in [4.69, 9.17) is 0 Å². The molecule has 1 fully saturated rings. The van der Waals surface area contributed by atoms with Crippen LogP contribution >= 0.6 is 0 Å². The summed E-state index contributed by atoms with van der Waals surface area (Å²) in [5.74, 6) is 0.0844. The van der Waals surface area contributed by atoms with Crippen molar-refractivity contribution in [3.8, 4) is 0 Å². The number of hydrogen-bond acceptors (Lipinski definition) is 1. The Morgan fingerprint density at radius 1 is 1.33 bits per heavy atom. The van der Waals surface area contributed by atoms with Gasteiger partial charge in [-0.2, -0.15) is 0 Å². The second-order valence-corrected chi connectivity index (χ2v) is 4.08. The van der Waals surface area contributed by atoms with Gasteiger partial charge >= 0.3 is 0 Å². The highest BCUT2D eigenvalue weighted by molar-refractivity contribution is 4.85. The summed E-state index contributed by atoms with van der Waals surface area (Å²) in [6.07, 6.45) is -1.48. The second kappa shape index (κ2) is 3.69. The fourth-order valence-electron chi connectivity index (χ4n) is 2.03. The van der Waals surface area contributed by atoms with Crippen molar-refractivity contribution in [3.05, 3.63) is 0 Å². The van der Waals surface area contributed by atoms with Gasteiger partial charge in [0.05, 0.1) is 0 Å². The lowest BCUT2D eigenvalue weighted by Gasteiger charge is -2.22. The topological polar surface area (TPSA) is 3.24 Å². The molecule has 0 N–H and O–H groups in total. The predicted molar refractivity (Wildman–Crippen MR) is 45.4 cm³/mol. The van der Waals surface area contributed by atoms with Crippen molar-refractivity contribution in [2.45, 2.75) is 32.7 Å². The quantitative estimate of drug-likeness (QED) is 0.625. The van der Waals surface area contributed by atoms with Crippen molar-refractivity contribution in [1.82, 2.24) is 4.90 Å². The van der Waals surface area contributed by atoms with Crippen LogP contribution in [0, 0.1) is 11.8 Å². The minimum Gasteiger partial charge on any atom is -0.303 e. The first kappa shape index (κ1) is 9.90. The van der Waals surface area contributed by atoms with Gasteiger partial charge in [0.2, 0.25) is 6.43 Å². The van der Waals surface area contributed by atoms with Gasteiger partial charge in [-0.25, -0.2) is 8.78 Å². The molecule has 0 amide bonds. The largest absolute Gasteiger partial charge is 0.303 e. The van der Waals surface area contributed by atoms with E-state index in [1.165, 1.54) is 0 Å². The summed E-state index contributed by atoms with van der Waals surface area (Å²) in [4.78, 5) is 2.06. The molecule has 0 saturated carbocycles. The van der Waals surface area contributed by atoms with Crippen LogP contribution in [-0.4, -0.2) is 31.0 Å². The Balaban J connectivity index is 2.50. The maximum Gasteiger partial charge on any atom is 0.242 e. The minimum atomic E-state index is -2.14. The fraction of sp³-hybridized carbons (Fsp3) is 1.00. The Hall–Kier alpha value is -0.180. The Labute approximate surface area is 72.7 Å². The molecule has 0 bridgehead atoms. The van der Waals surface area contributed by atoms with Gasteiger partial charge in [-0.15, -0.1) is 0 Å². The van der Waals surface area contributed by atoms with Gasteiger partial charge in [-0.1, -0.05) is 13.8 Å². The van der Waals surface area contributed by atoms with Gasteiger partial charge in [-0.05, 0) is 19.4 Å². The van der Waals surface area contributed by atoms with E-state index in [1.54, 1.807) is 0 Å². The normalized spacial score (nSPS) is 32.2. The lowest BCUT2D eigenvalue weighted by Crippen LogP contribution is -2.29. The van der Waals surface area contributed by atoms with Crippen molar-refractivity contribution >= 4 is 0 Å². The van der Waals surface area contributed by atoms with Gasteiger partial charge in [0.25, 0.3) is 0 Å². The monoisotopic (exact) mass is 177 g/mol. The first-order valence-electron chi connectivity index (χ1n) is 4.50. The van der Waals surface area contributed by atoms with Gasteiger partial charge in [0, 0.05) is 18.5 Å². The van der Waals surface area contributed by atoms with E-state index < -0.39 is 12.3 Å². The molecule has 1 aliphatic heterocycles. The van der Waals surface area contributed by atoms with E-state index in [2.05, 4.69) is 18.7 Å². The highest BCUT2D eigenvalue weighted by Crippen LogP contribution is 2.30. The zero-order valence-electron chi connectivity index (χ0n) is 7.93. The summed E-state index contributed by atoms with van der Waals surface area (Å²) in [6.45, 7) is 4.74. The minimum absolute atomic E-state index is 0.351. The van der Waals surface area contributed by atoms with E-state index >= 15 is 0 Å². The molecule has 1 aliphatic rings. The van der Waals surface area contributed by atoms with Crippen molar-refractivity contribution in [1.29, 1.82) is 0 Å². The summed E-state index contributed by atoms with van der Waals surface area (Å²) in [5, 5.41) is 0. The molecule has 0 aromatic rings. The Morgan fingerprint density at radius 3 is 2.17 bits per heavy atom. The molecule has 0 spiro atoms. The van der Waals surface area contributed by atoms with Crippen LogP contribution in [0.3, 0.4) is 0 Å². The van der Waals surface area contributed by atoms with Gasteiger partial charge < -0.3 is 4.90 Å². The van der Waals surface area contributed by atoms with Crippen LogP contribution in [0.15, 0.2) is 0 Å². The average molecular weight is 177 g/mol. The standard InChI is InChI=1S/C9H17F2N/c1-6(2)8-4-7(9(10)11)5-12(8)3/h6-9H,4-5H2,1-3H3/t7-,8-/m0/s1. The molecule has 0 unspecified atom stereocenters. The summed E-state index contributed by atoms with van der Waals surface area (Å²) < 4.78 is 24.6. The number of alkyl halides is 2. The maximum absolute atomic E-state index is 12.3. The molecule has 1 heterocycles. The zero-order valence-corrected chi connectivity index (χ0v) is 7.93. The number of likely N-dealkylation sites (tertiary alicyclic amines) is 1. The zero-order chi connectivity index (χ0) is 9.30. The smallest absolute Gasteiger partial charge is 0.242 e. The number of hydrogen-bond donors (Lipinski definition) is 0. The van der Waals surface area contributed by atoms with E-state index in [0.717, 1.165) is 0 Å². The molecule has 0 radical (unpaired) electrons. The van der Waals surface area contributed by atoms with E-state index in [1.807, 2.05) is 7.05 Å². The molecule has 2 atom stereocenters. The van der Waals surface area contributed by atoms with Crippen LogP contribution in [-0.2, 0) is 0 Å². The van der Waals surface area contributed by atoms with Gasteiger partial charge in [-0.3, -0.25) is 0 Å². The molecule has 3 heteroatoms. The molecule has 1 saturated heterocycles. The Bertz CT molecular complexity index is 147. The first-order chi connectivity index (χ1) is 5.52. The molecular weight excluding hydrogens is 160 g/mol. The van der Waals surface area contributed by atoms with Crippen molar-refractivity contribution in [3.63, 3.8) is 0 Å². The van der Waals surface area contributed by atoms with E-state index in [-0.39, 0.29) is 0 Å². The Kier molecular flexibility index (Phi) is 3.04. The second-order valence-electron chi connectivity index (χ2n) is 4.08. The molecule has 72 valence electrons. The lowest BCUT2D eigenvalue weighted by atomic mass is 9.98. The van der Waals surface area contributed by atoms with Crippen molar-refractivity contribution in [2.24, 2.45) is 11.8 Å². The van der Waals surface area contributed by atoms with Crippen molar-refractivity contribution in [2.75, 3.05) is 13.6 Å². The van der Waals surface area contributed by atoms with Crippen LogP contribution in [0.4, 0.5) is 8.78 Å². The molecule has 0 aliphatic carbocycles. The highest BCUT2D eigenvalue weighted by Gasteiger charge is 2.35. The number of rotatable bonds is 2. The third kappa shape index (κ3) is 1.94. The van der Waals surface area contributed by atoms with Crippen molar-refractivity contribution < 1.29 is 8.78 Å². The highest BCUT2D eigenvalue weighted by atomic mass is 19.3. The molecule has 0 aromatic carbocycles. The van der Waals surface area contributed by atoms with E-state index in [9.17, 15) is 8.78 Å². The SMILES string of the molecule is CC(C)[C@@H]1C[C@H](C(F)F)CN1C. The summed E-state index contributed by atoms with van der Waals surface area (Å²) in [5.41, 5.74) is 0. The predicted octanol–water partition coefficient (Wildman–Crippen LogP) is 2.23. The molecule has 0 aromatic heterocycles.